The average molecular weight is 443 g/mol. The first-order valence-electron chi connectivity index (χ1n) is 5.26. The fourth-order valence-electron chi connectivity index (χ4n) is 1.21. The molecular weight excluding hydrogens is 434 g/mol. The molecular formula is C10H9Cl6F2O2P. The summed E-state index contributed by atoms with van der Waals surface area (Å²) in [5, 5.41) is -0.507. The Labute approximate surface area is 150 Å². The molecule has 0 saturated heterocycles. The number of rotatable bonds is 5. The molecule has 1 aromatic carbocycles. The Balaban J connectivity index is 3.09. The van der Waals surface area contributed by atoms with Crippen molar-refractivity contribution in [2.45, 2.75) is 7.59 Å². The van der Waals surface area contributed by atoms with Crippen molar-refractivity contribution >= 4 is 82.6 Å². The Morgan fingerprint density at radius 1 is 0.810 bits per heavy atom. The SMILES string of the molecule is FP(F)(OCC(Cl)(Cl)Cl)(OCC(Cl)(Cl)Cl)c1ccccc1. The fourth-order valence-corrected chi connectivity index (χ4v) is 3.82. The van der Waals surface area contributed by atoms with Crippen molar-refractivity contribution in [3.8, 4) is 0 Å². The molecule has 122 valence electrons. The van der Waals surface area contributed by atoms with Gasteiger partial charge in [-0.15, -0.1) is 0 Å². The Hall–Kier alpha value is 1.17. The van der Waals surface area contributed by atoms with Crippen molar-refractivity contribution in [3.05, 3.63) is 30.3 Å². The zero-order chi connectivity index (χ0) is 16.4. The van der Waals surface area contributed by atoms with Gasteiger partial charge in [0, 0.05) is 0 Å². The standard InChI is InChI=1S/C10H9Cl6F2O2P/c11-9(12,13)6-19-21(17,18,20-7-10(14,15)16)8-4-2-1-3-5-8/h1-5H,6-7H2. The number of hydrogen-bond donors (Lipinski definition) is 0. The second kappa shape index (κ2) is 6.96. The number of benzene rings is 1. The van der Waals surface area contributed by atoms with Crippen LogP contribution in [-0.4, -0.2) is 20.8 Å². The molecule has 0 N–H and O–H groups in total. The van der Waals surface area contributed by atoms with Crippen molar-refractivity contribution in [2.75, 3.05) is 13.2 Å². The Bertz CT molecular complexity index is 455. The molecule has 0 bridgehead atoms. The van der Waals surface area contributed by atoms with E-state index in [1.54, 1.807) is 6.07 Å². The van der Waals surface area contributed by atoms with Crippen LogP contribution in [0.5, 0.6) is 0 Å². The molecule has 0 aliphatic carbocycles. The van der Waals surface area contributed by atoms with E-state index in [4.69, 9.17) is 69.6 Å². The molecule has 2 nitrogen and oxygen atoms in total. The van der Waals surface area contributed by atoms with Crippen LogP contribution in [0.1, 0.15) is 0 Å². The molecule has 0 unspecified atom stereocenters. The van der Waals surface area contributed by atoms with E-state index in [1.807, 2.05) is 0 Å². The molecule has 0 fully saturated rings. The van der Waals surface area contributed by atoms with Crippen LogP contribution in [0.2, 0.25) is 0 Å². The van der Waals surface area contributed by atoms with Crippen LogP contribution in [0.4, 0.5) is 8.39 Å². The predicted molar refractivity (Wildman–Crippen MR) is 87.7 cm³/mol. The second-order valence-corrected chi connectivity index (χ2v) is 11.5. The molecule has 0 saturated carbocycles. The minimum absolute atomic E-state index is 0.507. The van der Waals surface area contributed by atoms with Crippen LogP contribution >= 0.6 is 77.3 Å². The summed E-state index contributed by atoms with van der Waals surface area (Å²) in [5.41, 5.74) is 0. The van der Waals surface area contributed by atoms with Crippen LogP contribution < -0.4 is 5.30 Å². The van der Waals surface area contributed by atoms with Crippen LogP contribution in [0.25, 0.3) is 0 Å². The molecule has 0 atom stereocenters. The summed E-state index contributed by atoms with van der Waals surface area (Å²) in [5.74, 6) is 0. The van der Waals surface area contributed by atoms with Crippen LogP contribution in [0.3, 0.4) is 0 Å². The van der Waals surface area contributed by atoms with E-state index in [1.165, 1.54) is 12.1 Å². The minimum atomic E-state index is -6.34. The van der Waals surface area contributed by atoms with Gasteiger partial charge in [0.1, 0.15) is 0 Å². The third kappa shape index (κ3) is 7.07. The third-order valence-electron chi connectivity index (χ3n) is 2.05. The van der Waals surface area contributed by atoms with E-state index in [0.717, 1.165) is 12.1 Å². The van der Waals surface area contributed by atoms with Gasteiger partial charge in [-0.2, -0.15) is 0 Å². The summed E-state index contributed by atoms with van der Waals surface area (Å²) in [6.07, 6.45) is 0. The van der Waals surface area contributed by atoms with Gasteiger partial charge >= 0.3 is 151 Å². The first-order valence-corrected chi connectivity index (χ1v) is 9.38. The summed E-state index contributed by atoms with van der Waals surface area (Å²) in [6.45, 7) is -1.78. The van der Waals surface area contributed by atoms with Gasteiger partial charge in [0.05, 0.1) is 0 Å². The van der Waals surface area contributed by atoms with E-state index in [-0.39, 0.29) is 0 Å². The van der Waals surface area contributed by atoms with Crippen molar-refractivity contribution in [2.24, 2.45) is 0 Å². The Morgan fingerprint density at radius 3 is 1.52 bits per heavy atom. The second-order valence-electron chi connectivity index (χ2n) is 3.88. The van der Waals surface area contributed by atoms with Crippen LogP contribution in [0.15, 0.2) is 30.3 Å². The zero-order valence-electron chi connectivity index (χ0n) is 10.1. The predicted octanol–water partition coefficient (Wildman–Crippen LogP) is 6.24. The van der Waals surface area contributed by atoms with Crippen LogP contribution in [-0.2, 0) is 9.05 Å². The number of halogens is 8. The fraction of sp³-hybridized carbons (Fsp3) is 0.400. The molecule has 0 radical (unpaired) electrons. The van der Waals surface area contributed by atoms with E-state index in [9.17, 15) is 8.39 Å². The summed E-state index contributed by atoms with van der Waals surface area (Å²) >= 11 is 32.6. The molecule has 0 amide bonds. The molecule has 0 aliphatic rings. The Kier molecular flexibility index (Phi) is 6.70. The molecule has 0 aliphatic heterocycles. The molecule has 0 aromatic heterocycles. The summed E-state index contributed by atoms with van der Waals surface area (Å²) in [4.78, 5) is 0. The first kappa shape index (κ1) is 20.2. The van der Waals surface area contributed by atoms with Crippen molar-refractivity contribution in [1.82, 2.24) is 0 Å². The third-order valence-corrected chi connectivity index (χ3v) is 4.93. The molecule has 21 heavy (non-hydrogen) atoms. The summed E-state index contributed by atoms with van der Waals surface area (Å²) < 4.78 is 34.9. The normalized spacial score (nSPS) is 15.5. The topological polar surface area (TPSA) is 18.5 Å². The first-order chi connectivity index (χ1) is 9.31. The quantitative estimate of drug-likeness (QED) is 0.397. The van der Waals surface area contributed by atoms with E-state index in [2.05, 4.69) is 9.05 Å². The molecule has 11 heteroatoms. The average Bonchev–Trinajstić information content (AvgIpc) is 2.35. The van der Waals surface area contributed by atoms with Gasteiger partial charge in [-0.3, -0.25) is 0 Å². The van der Waals surface area contributed by atoms with Gasteiger partial charge in [0.25, 0.3) is 0 Å². The van der Waals surface area contributed by atoms with Gasteiger partial charge in [-0.25, -0.2) is 0 Å². The zero-order valence-corrected chi connectivity index (χ0v) is 15.5. The summed E-state index contributed by atoms with van der Waals surface area (Å²) in [7, 11) is -6.34. The van der Waals surface area contributed by atoms with Gasteiger partial charge in [-0.05, 0) is 0 Å². The van der Waals surface area contributed by atoms with Gasteiger partial charge < -0.3 is 0 Å². The molecule has 1 rings (SSSR count). The maximum atomic E-state index is 14.9. The van der Waals surface area contributed by atoms with Gasteiger partial charge in [0.15, 0.2) is 0 Å². The van der Waals surface area contributed by atoms with Crippen molar-refractivity contribution in [1.29, 1.82) is 0 Å². The molecule has 1 aromatic rings. The van der Waals surface area contributed by atoms with Gasteiger partial charge in [0.2, 0.25) is 0 Å². The Morgan fingerprint density at radius 2 is 1.19 bits per heavy atom. The van der Waals surface area contributed by atoms with Crippen LogP contribution in [0, 0.1) is 0 Å². The van der Waals surface area contributed by atoms with E-state index >= 15 is 0 Å². The summed E-state index contributed by atoms with van der Waals surface area (Å²) in [6, 6.07) is 6.55. The van der Waals surface area contributed by atoms with E-state index < -0.39 is 33.8 Å². The molecule has 0 heterocycles. The number of alkyl halides is 6. The van der Waals surface area contributed by atoms with Gasteiger partial charge in [-0.1, -0.05) is 0 Å². The maximum absolute atomic E-state index is 14.9. The van der Waals surface area contributed by atoms with E-state index in [0.29, 0.717) is 0 Å². The number of hydrogen-bond acceptors (Lipinski definition) is 2. The van der Waals surface area contributed by atoms with Crippen molar-refractivity contribution < 1.29 is 17.4 Å². The monoisotopic (exact) mass is 440 g/mol. The molecule has 0 spiro atoms. The van der Waals surface area contributed by atoms with Crippen molar-refractivity contribution in [3.63, 3.8) is 0 Å².